The Morgan fingerprint density at radius 2 is 1.75 bits per heavy atom. The van der Waals surface area contributed by atoms with Crippen molar-refractivity contribution in [2.45, 2.75) is 32.6 Å². The molecule has 0 spiro atoms. The van der Waals surface area contributed by atoms with E-state index in [1.165, 1.54) is 6.26 Å². The van der Waals surface area contributed by atoms with Crippen molar-refractivity contribution in [3.63, 3.8) is 0 Å². The first-order valence-corrected chi connectivity index (χ1v) is 9.02. The molecule has 0 aliphatic rings. The van der Waals surface area contributed by atoms with Crippen LogP contribution < -0.4 is 15.6 Å². The molecule has 0 unspecified atom stereocenters. The minimum Gasteiger partial charge on any atom is -0.497 e. The first-order valence-electron chi connectivity index (χ1n) is 9.02. The molecule has 2 aromatic carbocycles. The second kappa shape index (κ2) is 7.76. The van der Waals surface area contributed by atoms with Gasteiger partial charge in [-0.05, 0) is 35.2 Å². The van der Waals surface area contributed by atoms with Gasteiger partial charge in [0.15, 0.2) is 0 Å². The number of carbonyl (C=O) groups is 2. The molecule has 0 saturated carbocycles. The molecule has 3 rings (SSSR count). The van der Waals surface area contributed by atoms with Crippen LogP contribution in [0.25, 0.3) is 11.0 Å². The molecule has 6 nitrogen and oxygen atoms in total. The number of methoxy groups -OCH3 is 1. The third-order valence-electron chi connectivity index (χ3n) is 4.54. The van der Waals surface area contributed by atoms with E-state index in [1.807, 2.05) is 24.3 Å². The van der Waals surface area contributed by atoms with Gasteiger partial charge in [-0.2, -0.15) is 0 Å². The van der Waals surface area contributed by atoms with Crippen molar-refractivity contribution in [3.8, 4) is 5.75 Å². The number of amides is 2. The van der Waals surface area contributed by atoms with Gasteiger partial charge < -0.3 is 9.15 Å². The van der Waals surface area contributed by atoms with Crippen LogP contribution in [-0.2, 0) is 16.6 Å². The zero-order valence-corrected chi connectivity index (χ0v) is 16.5. The van der Waals surface area contributed by atoms with E-state index in [2.05, 4.69) is 31.6 Å². The maximum atomic E-state index is 12.2. The summed E-state index contributed by atoms with van der Waals surface area (Å²) < 4.78 is 10.6. The fourth-order valence-electron chi connectivity index (χ4n) is 2.86. The summed E-state index contributed by atoms with van der Waals surface area (Å²) in [5.74, 6) is -0.0172. The van der Waals surface area contributed by atoms with Crippen LogP contribution in [0.5, 0.6) is 5.75 Å². The number of furan rings is 1. The largest absolute Gasteiger partial charge is 0.497 e. The fraction of sp³-hybridized carbons (Fsp3) is 0.273. The van der Waals surface area contributed by atoms with E-state index in [-0.39, 0.29) is 23.7 Å². The van der Waals surface area contributed by atoms with E-state index >= 15 is 0 Å². The predicted octanol–water partition coefficient (Wildman–Crippen LogP) is 3.74. The standard InChI is InChI=1S/C22H24N2O4/c1-22(2,3)16-7-5-14(6-8-16)21(26)24-23-20(25)11-15-13-28-19-12-17(27-4)9-10-18(15)19/h5-10,12-13H,11H2,1-4H3,(H,23,25)(H,24,26). The van der Waals surface area contributed by atoms with Crippen LogP contribution in [0.1, 0.15) is 42.3 Å². The number of nitrogens with one attached hydrogen (secondary N) is 2. The van der Waals surface area contributed by atoms with E-state index < -0.39 is 0 Å². The van der Waals surface area contributed by atoms with E-state index in [0.29, 0.717) is 16.9 Å². The average molecular weight is 380 g/mol. The Hall–Kier alpha value is -3.28. The second-order valence-corrected chi connectivity index (χ2v) is 7.63. The summed E-state index contributed by atoms with van der Waals surface area (Å²) in [6, 6.07) is 12.8. The Kier molecular flexibility index (Phi) is 5.40. The normalized spacial score (nSPS) is 11.3. The molecule has 3 aromatic rings. The van der Waals surface area contributed by atoms with Gasteiger partial charge >= 0.3 is 0 Å². The summed E-state index contributed by atoms with van der Waals surface area (Å²) in [5, 5.41) is 0.833. The molecule has 0 bridgehead atoms. The molecule has 0 fully saturated rings. The first-order chi connectivity index (χ1) is 13.3. The fourth-order valence-corrected chi connectivity index (χ4v) is 2.86. The number of rotatable bonds is 4. The third kappa shape index (κ3) is 4.34. The lowest BCUT2D eigenvalue weighted by Crippen LogP contribution is -2.42. The number of hydrazine groups is 1. The number of hydrogen-bond donors (Lipinski definition) is 2. The van der Waals surface area contributed by atoms with Crippen molar-refractivity contribution in [1.29, 1.82) is 0 Å². The number of benzene rings is 2. The van der Waals surface area contributed by atoms with E-state index in [0.717, 1.165) is 16.5 Å². The molecule has 146 valence electrons. The molecule has 2 N–H and O–H groups in total. The van der Waals surface area contributed by atoms with Crippen LogP contribution in [0.15, 0.2) is 53.1 Å². The molecule has 0 aliphatic carbocycles. The van der Waals surface area contributed by atoms with Crippen LogP contribution in [0.3, 0.4) is 0 Å². The minimum atomic E-state index is -0.365. The molecule has 0 radical (unpaired) electrons. The number of hydrogen-bond acceptors (Lipinski definition) is 4. The Labute approximate surface area is 163 Å². The third-order valence-corrected chi connectivity index (χ3v) is 4.54. The lowest BCUT2D eigenvalue weighted by molar-refractivity contribution is -0.121. The predicted molar refractivity (Wildman–Crippen MR) is 107 cm³/mol. The van der Waals surface area contributed by atoms with E-state index in [4.69, 9.17) is 9.15 Å². The Morgan fingerprint density at radius 1 is 1.04 bits per heavy atom. The summed E-state index contributed by atoms with van der Waals surface area (Å²) >= 11 is 0. The van der Waals surface area contributed by atoms with Crippen molar-refractivity contribution < 1.29 is 18.7 Å². The van der Waals surface area contributed by atoms with Crippen LogP contribution in [-0.4, -0.2) is 18.9 Å². The van der Waals surface area contributed by atoms with Gasteiger partial charge in [-0.25, -0.2) is 0 Å². The number of ether oxygens (including phenoxy) is 1. The second-order valence-electron chi connectivity index (χ2n) is 7.63. The monoisotopic (exact) mass is 380 g/mol. The van der Waals surface area contributed by atoms with E-state index in [9.17, 15) is 9.59 Å². The molecule has 1 aromatic heterocycles. The van der Waals surface area contributed by atoms with Gasteiger partial charge in [-0.3, -0.25) is 20.4 Å². The topological polar surface area (TPSA) is 80.6 Å². The van der Waals surface area contributed by atoms with Gasteiger partial charge in [0.05, 0.1) is 19.8 Å². The molecular weight excluding hydrogens is 356 g/mol. The summed E-state index contributed by atoms with van der Waals surface area (Å²) in [5.41, 5.74) is 7.90. The average Bonchev–Trinajstić information content (AvgIpc) is 3.07. The van der Waals surface area contributed by atoms with Crippen LogP contribution in [0.4, 0.5) is 0 Å². The zero-order chi connectivity index (χ0) is 20.3. The molecule has 6 heteroatoms. The van der Waals surface area contributed by atoms with Gasteiger partial charge in [-0.15, -0.1) is 0 Å². The zero-order valence-electron chi connectivity index (χ0n) is 16.5. The van der Waals surface area contributed by atoms with Gasteiger partial charge in [0.2, 0.25) is 5.91 Å². The summed E-state index contributed by atoms with van der Waals surface area (Å²) in [6.07, 6.45) is 1.62. The molecule has 1 heterocycles. The first kappa shape index (κ1) is 19.5. The Bertz CT molecular complexity index is 998. The molecular formula is C22H24N2O4. The van der Waals surface area contributed by atoms with Gasteiger partial charge in [0, 0.05) is 22.6 Å². The van der Waals surface area contributed by atoms with Gasteiger partial charge in [0.1, 0.15) is 11.3 Å². The molecule has 0 saturated heterocycles. The van der Waals surface area contributed by atoms with Gasteiger partial charge in [-0.1, -0.05) is 32.9 Å². The Morgan fingerprint density at radius 3 is 2.39 bits per heavy atom. The summed E-state index contributed by atoms with van der Waals surface area (Å²) in [7, 11) is 1.58. The lowest BCUT2D eigenvalue weighted by atomic mass is 9.87. The van der Waals surface area contributed by atoms with Crippen molar-refractivity contribution in [3.05, 3.63) is 65.4 Å². The van der Waals surface area contributed by atoms with Crippen LogP contribution in [0, 0.1) is 0 Å². The van der Waals surface area contributed by atoms with Crippen molar-refractivity contribution in [1.82, 2.24) is 10.9 Å². The van der Waals surface area contributed by atoms with Gasteiger partial charge in [0.25, 0.3) is 5.91 Å². The highest BCUT2D eigenvalue weighted by atomic mass is 16.5. The highest BCUT2D eigenvalue weighted by Crippen LogP contribution is 2.26. The highest BCUT2D eigenvalue weighted by Gasteiger charge is 2.15. The SMILES string of the molecule is COc1ccc2c(CC(=O)NNC(=O)c3ccc(C(C)(C)C)cc3)coc2c1. The quantitative estimate of drug-likeness (QED) is 0.676. The van der Waals surface area contributed by atoms with Crippen molar-refractivity contribution in [2.24, 2.45) is 0 Å². The molecule has 0 aliphatic heterocycles. The number of fused-ring (bicyclic) bond motifs is 1. The molecule has 2 amide bonds. The lowest BCUT2D eigenvalue weighted by Gasteiger charge is -2.19. The van der Waals surface area contributed by atoms with E-state index in [1.54, 1.807) is 25.3 Å². The summed E-state index contributed by atoms with van der Waals surface area (Å²) in [4.78, 5) is 24.4. The summed E-state index contributed by atoms with van der Waals surface area (Å²) in [6.45, 7) is 6.33. The smallest absolute Gasteiger partial charge is 0.269 e. The van der Waals surface area contributed by atoms with Crippen molar-refractivity contribution >= 4 is 22.8 Å². The maximum Gasteiger partial charge on any atom is 0.269 e. The number of carbonyl (C=O) groups excluding carboxylic acids is 2. The maximum absolute atomic E-state index is 12.2. The Balaban J connectivity index is 1.59. The van der Waals surface area contributed by atoms with Crippen LogP contribution in [0.2, 0.25) is 0 Å². The molecule has 0 atom stereocenters. The van der Waals surface area contributed by atoms with Crippen molar-refractivity contribution in [2.75, 3.05) is 7.11 Å². The minimum absolute atomic E-state index is 0.0145. The molecule has 28 heavy (non-hydrogen) atoms. The van der Waals surface area contributed by atoms with Crippen LogP contribution >= 0.6 is 0 Å². The highest BCUT2D eigenvalue weighted by molar-refractivity contribution is 5.96.